The first-order chi connectivity index (χ1) is 12.5. The molecule has 1 atom stereocenters. The molecule has 0 bridgehead atoms. The normalized spacial score (nSPS) is 15.8. The summed E-state index contributed by atoms with van der Waals surface area (Å²) >= 11 is 6.03. The van der Waals surface area contributed by atoms with E-state index in [-0.39, 0.29) is 19.0 Å². The number of hydrogen-bond acceptors (Lipinski definition) is 3. The van der Waals surface area contributed by atoms with Gasteiger partial charge in [0.25, 0.3) is 0 Å². The molecule has 0 heterocycles. The minimum absolute atomic E-state index is 0.0000263. The minimum Gasteiger partial charge on any atom is -0.383 e. The van der Waals surface area contributed by atoms with Crippen molar-refractivity contribution in [3.8, 4) is 0 Å². The second kappa shape index (κ2) is 7.89. The van der Waals surface area contributed by atoms with Gasteiger partial charge in [-0.3, -0.25) is 9.59 Å². The lowest BCUT2D eigenvalue weighted by molar-refractivity contribution is -0.140. The molecule has 2 aromatic carbocycles. The predicted octanol–water partition coefficient (Wildman–Crippen LogP) is 2.37. The Morgan fingerprint density at radius 1 is 1.00 bits per heavy atom. The van der Waals surface area contributed by atoms with Crippen molar-refractivity contribution in [1.29, 1.82) is 0 Å². The Balaban J connectivity index is 1.57. The molecular formula is C20H21ClN2O3. The van der Waals surface area contributed by atoms with Crippen molar-refractivity contribution in [2.45, 2.75) is 25.0 Å². The molecule has 0 unspecified atom stereocenters. The molecule has 2 amide bonds. The number of carbonyl (C=O) groups excluding carboxylic acids is 2. The highest BCUT2D eigenvalue weighted by Crippen LogP contribution is 2.45. The molecule has 1 saturated carbocycles. The standard InChI is InChI=1S/C20H21ClN2O3/c21-17-9-5-4-6-14(17)12-22-18(24)19(25)23-13-20(26,16-10-11-16)15-7-2-1-3-8-15/h1-9,16,26H,10-13H2,(H,22,24)(H,23,25)/t20-/m0/s1. The summed E-state index contributed by atoms with van der Waals surface area (Å²) in [6, 6.07) is 16.3. The van der Waals surface area contributed by atoms with Gasteiger partial charge < -0.3 is 15.7 Å². The van der Waals surface area contributed by atoms with Crippen molar-refractivity contribution in [2.75, 3.05) is 6.54 Å². The molecular weight excluding hydrogens is 352 g/mol. The van der Waals surface area contributed by atoms with Crippen LogP contribution in [0, 0.1) is 5.92 Å². The lowest BCUT2D eigenvalue weighted by atomic mass is 9.88. The molecule has 26 heavy (non-hydrogen) atoms. The van der Waals surface area contributed by atoms with Crippen LogP contribution in [0.25, 0.3) is 0 Å². The zero-order chi connectivity index (χ0) is 18.6. The fraction of sp³-hybridized carbons (Fsp3) is 0.300. The smallest absolute Gasteiger partial charge is 0.309 e. The highest BCUT2D eigenvalue weighted by atomic mass is 35.5. The van der Waals surface area contributed by atoms with Crippen LogP contribution >= 0.6 is 11.6 Å². The molecule has 0 saturated heterocycles. The van der Waals surface area contributed by atoms with Gasteiger partial charge in [0.1, 0.15) is 5.60 Å². The van der Waals surface area contributed by atoms with Gasteiger partial charge in [0, 0.05) is 11.6 Å². The van der Waals surface area contributed by atoms with E-state index in [1.807, 2.05) is 36.4 Å². The maximum atomic E-state index is 12.1. The van der Waals surface area contributed by atoms with E-state index in [0.717, 1.165) is 24.0 Å². The van der Waals surface area contributed by atoms with Crippen molar-refractivity contribution in [1.82, 2.24) is 10.6 Å². The summed E-state index contributed by atoms with van der Waals surface area (Å²) in [5.74, 6) is -1.43. The van der Waals surface area contributed by atoms with Gasteiger partial charge in [-0.05, 0) is 36.0 Å². The van der Waals surface area contributed by atoms with E-state index in [4.69, 9.17) is 11.6 Å². The number of rotatable bonds is 6. The van der Waals surface area contributed by atoms with Gasteiger partial charge in [0.05, 0.1) is 6.54 Å². The average Bonchev–Trinajstić information content (AvgIpc) is 3.51. The zero-order valence-electron chi connectivity index (χ0n) is 14.2. The number of carbonyl (C=O) groups is 2. The molecule has 2 aromatic rings. The lowest BCUT2D eigenvalue weighted by Crippen LogP contribution is -2.47. The number of amides is 2. The SMILES string of the molecule is O=C(NCc1ccccc1Cl)C(=O)NC[C@](O)(c1ccccc1)C1CC1. The molecule has 0 aromatic heterocycles. The number of hydrogen-bond donors (Lipinski definition) is 3. The van der Waals surface area contributed by atoms with Gasteiger partial charge >= 0.3 is 11.8 Å². The molecule has 3 N–H and O–H groups in total. The van der Waals surface area contributed by atoms with Crippen LogP contribution in [0.1, 0.15) is 24.0 Å². The van der Waals surface area contributed by atoms with Crippen molar-refractivity contribution >= 4 is 23.4 Å². The van der Waals surface area contributed by atoms with Crippen LogP contribution in [-0.4, -0.2) is 23.5 Å². The Hall–Kier alpha value is -2.37. The fourth-order valence-electron chi connectivity index (χ4n) is 2.96. The number of aliphatic hydroxyl groups is 1. The topological polar surface area (TPSA) is 78.4 Å². The fourth-order valence-corrected chi connectivity index (χ4v) is 3.17. The molecule has 3 rings (SSSR count). The van der Waals surface area contributed by atoms with Crippen LogP contribution in [0.2, 0.25) is 5.02 Å². The van der Waals surface area contributed by atoms with E-state index in [2.05, 4.69) is 10.6 Å². The summed E-state index contributed by atoms with van der Waals surface area (Å²) in [5, 5.41) is 16.7. The quantitative estimate of drug-likeness (QED) is 0.681. The number of benzene rings is 2. The number of halogens is 1. The van der Waals surface area contributed by atoms with Crippen LogP contribution in [0.5, 0.6) is 0 Å². The monoisotopic (exact) mass is 372 g/mol. The van der Waals surface area contributed by atoms with E-state index in [1.54, 1.807) is 18.2 Å². The van der Waals surface area contributed by atoms with E-state index in [9.17, 15) is 14.7 Å². The van der Waals surface area contributed by atoms with Gasteiger partial charge in [0.15, 0.2) is 0 Å². The summed E-state index contributed by atoms with van der Waals surface area (Å²) in [5.41, 5.74) is 0.327. The second-order valence-electron chi connectivity index (χ2n) is 6.52. The Bertz CT molecular complexity index is 793. The highest BCUT2D eigenvalue weighted by Gasteiger charge is 2.45. The van der Waals surface area contributed by atoms with Gasteiger partial charge in [0.2, 0.25) is 0 Å². The van der Waals surface area contributed by atoms with Crippen LogP contribution in [0.3, 0.4) is 0 Å². The first kappa shape index (κ1) is 18.4. The first-order valence-corrected chi connectivity index (χ1v) is 8.96. The van der Waals surface area contributed by atoms with Crippen molar-refractivity contribution in [3.63, 3.8) is 0 Å². The predicted molar refractivity (Wildman–Crippen MR) is 99.4 cm³/mol. The van der Waals surface area contributed by atoms with E-state index < -0.39 is 17.4 Å². The maximum Gasteiger partial charge on any atom is 0.309 e. The zero-order valence-corrected chi connectivity index (χ0v) is 15.0. The lowest BCUT2D eigenvalue weighted by Gasteiger charge is -2.29. The van der Waals surface area contributed by atoms with Crippen LogP contribution < -0.4 is 10.6 Å². The van der Waals surface area contributed by atoms with Crippen molar-refractivity contribution in [2.24, 2.45) is 5.92 Å². The molecule has 6 heteroatoms. The molecule has 0 radical (unpaired) electrons. The molecule has 1 aliphatic rings. The Labute approximate surface area is 157 Å². The molecule has 0 spiro atoms. The first-order valence-electron chi connectivity index (χ1n) is 8.58. The van der Waals surface area contributed by atoms with Crippen LogP contribution in [0.15, 0.2) is 54.6 Å². The van der Waals surface area contributed by atoms with Gasteiger partial charge in [-0.1, -0.05) is 60.1 Å². The molecule has 1 aliphatic carbocycles. The van der Waals surface area contributed by atoms with E-state index in [0.29, 0.717) is 5.02 Å². The second-order valence-corrected chi connectivity index (χ2v) is 6.93. The summed E-state index contributed by atoms with van der Waals surface area (Å²) in [6.45, 7) is 0.164. The van der Waals surface area contributed by atoms with Crippen molar-refractivity contribution < 1.29 is 14.7 Å². The average molecular weight is 373 g/mol. The molecule has 1 fully saturated rings. The van der Waals surface area contributed by atoms with Gasteiger partial charge in [-0.15, -0.1) is 0 Å². The maximum absolute atomic E-state index is 12.1. The van der Waals surface area contributed by atoms with E-state index in [1.165, 1.54) is 0 Å². The Morgan fingerprint density at radius 2 is 1.62 bits per heavy atom. The highest BCUT2D eigenvalue weighted by molar-refractivity contribution is 6.35. The third-order valence-electron chi connectivity index (χ3n) is 4.65. The largest absolute Gasteiger partial charge is 0.383 e. The van der Waals surface area contributed by atoms with Crippen LogP contribution in [0.4, 0.5) is 0 Å². The van der Waals surface area contributed by atoms with Gasteiger partial charge in [-0.2, -0.15) is 0 Å². The van der Waals surface area contributed by atoms with Crippen LogP contribution in [-0.2, 0) is 21.7 Å². The third-order valence-corrected chi connectivity index (χ3v) is 5.02. The molecule has 136 valence electrons. The third kappa shape index (κ3) is 4.23. The summed E-state index contributed by atoms with van der Waals surface area (Å²) in [4.78, 5) is 24.1. The molecule has 0 aliphatic heterocycles. The Morgan fingerprint density at radius 3 is 2.27 bits per heavy atom. The minimum atomic E-state index is -1.15. The Kier molecular flexibility index (Phi) is 5.59. The summed E-state index contributed by atoms with van der Waals surface area (Å²) in [6.07, 6.45) is 1.81. The van der Waals surface area contributed by atoms with E-state index >= 15 is 0 Å². The van der Waals surface area contributed by atoms with Gasteiger partial charge in [-0.25, -0.2) is 0 Å². The summed E-state index contributed by atoms with van der Waals surface area (Å²) < 4.78 is 0. The molecule has 5 nitrogen and oxygen atoms in total. The number of nitrogens with one attached hydrogen (secondary N) is 2. The summed E-state index contributed by atoms with van der Waals surface area (Å²) in [7, 11) is 0. The van der Waals surface area contributed by atoms with Crippen molar-refractivity contribution in [3.05, 3.63) is 70.7 Å².